The van der Waals surface area contributed by atoms with Crippen molar-refractivity contribution < 1.29 is 0 Å². The van der Waals surface area contributed by atoms with E-state index in [0.29, 0.717) is 0 Å². The molecule has 1 aromatic heterocycles. The maximum absolute atomic E-state index is 2.26. The highest BCUT2D eigenvalue weighted by atomic mass is 32.1. The molecule has 0 radical (unpaired) electrons. The van der Waals surface area contributed by atoms with E-state index in [1.165, 1.54) is 32.0 Å². The lowest BCUT2D eigenvalue weighted by molar-refractivity contribution is 1.58. The van der Waals surface area contributed by atoms with Crippen molar-refractivity contribution in [2.45, 2.75) is 13.8 Å². The Hall–Kier alpha value is -2.12. The highest BCUT2D eigenvalue weighted by Gasteiger charge is 2.01. The maximum atomic E-state index is 2.26. The first-order valence-corrected chi connectivity index (χ1v) is 8.01. The molecule has 0 atom stereocenters. The van der Waals surface area contributed by atoms with Crippen LogP contribution >= 0.6 is 11.3 Å². The molecule has 0 fully saturated rings. The fourth-order valence-corrected chi connectivity index (χ4v) is 3.13. The van der Waals surface area contributed by atoms with Crippen LogP contribution in [0, 0.1) is 13.8 Å². The maximum Gasteiger partial charge on any atom is 0.00141 e. The predicted molar refractivity (Wildman–Crippen MR) is 95.2 cm³/mol. The van der Waals surface area contributed by atoms with E-state index >= 15 is 0 Å². The van der Waals surface area contributed by atoms with Gasteiger partial charge in [0.2, 0.25) is 0 Å². The van der Waals surface area contributed by atoms with Crippen molar-refractivity contribution in [3.63, 3.8) is 0 Å². The van der Waals surface area contributed by atoms with E-state index in [-0.39, 0.29) is 0 Å². The van der Waals surface area contributed by atoms with Crippen molar-refractivity contribution in [3.05, 3.63) is 82.6 Å². The largest absolute Gasteiger partial charge is 0.149 e. The zero-order chi connectivity index (χ0) is 14.7. The smallest absolute Gasteiger partial charge is 0.00141 e. The van der Waals surface area contributed by atoms with E-state index in [4.69, 9.17) is 0 Å². The monoisotopic (exact) mass is 290 g/mol. The van der Waals surface area contributed by atoms with Crippen molar-refractivity contribution in [2.24, 2.45) is 0 Å². The molecule has 0 unspecified atom stereocenters. The second kappa shape index (κ2) is 6.11. The average molecular weight is 290 g/mol. The number of fused-ring (bicyclic) bond motifs is 2. The fourth-order valence-electron chi connectivity index (χ4n) is 2.60. The molecule has 0 saturated carbocycles. The van der Waals surface area contributed by atoms with Crippen LogP contribution in [0.1, 0.15) is 10.4 Å². The van der Waals surface area contributed by atoms with Gasteiger partial charge in [-0.1, -0.05) is 54.6 Å². The van der Waals surface area contributed by atoms with Crippen LogP contribution in [-0.4, -0.2) is 0 Å². The zero-order valence-electron chi connectivity index (χ0n) is 12.3. The van der Waals surface area contributed by atoms with Gasteiger partial charge in [0.25, 0.3) is 0 Å². The average Bonchev–Trinajstić information content (AvgIpc) is 2.99. The van der Waals surface area contributed by atoms with Gasteiger partial charge in [-0.3, -0.25) is 0 Å². The van der Waals surface area contributed by atoms with E-state index < -0.39 is 0 Å². The molecule has 0 aliphatic rings. The third-order valence-corrected chi connectivity index (χ3v) is 4.51. The summed E-state index contributed by atoms with van der Waals surface area (Å²) in [5.41, 5.74) is 1.38. The molecule has 0 nitrogen and oxygen atoms in total. The van der Waals surface area contributed by atoms with Gasteiger partial charge in [0.15, 0.2) is 0 Å². The van der Waals surface area contributed by atoms with Crippen molar-refractivity contribution in [1.29, 1.82) is 0 Å². The van der Waals surface area contributed by atoms with Gasteiger partial charge in [0.1, 0.15) is 0 Å². The number of hydrogen-bond acceptors (Lipinski definition) is 1. The molecule has 21 heavy (non-hydrogen) atoms. The lowest BCUT2D eigenvalue weighted by atomic mass is 9.98. The number of benzene rings is 3. The summed E-state index contributed by atoms with van der Waals surface area (Å²) in [5, 5.41) is 7.45. The summed E-state index contributed by atoms with van der Waals surface area (Å²) in [6.07, 6.45) is 0. The summed E-state index contributed by atoms with van der Waals surface area (Å²) >= 11 is 1.78. The Kier molecular flexibility index (Phi) is 4.03. The van der Waals surface area contributed by atoms with Gasteiger partial charge in [-0.05, 0) is 58.5 Å². The Bertz CT molecular complexity index is 803. The highest BCUT2D eigenvalue weighted by Crippen LogP contribution is 2.27. The molecule has 0 aliphatic carbocycles. The summed E-state index contributed by atoms with van der Waals surface area (Å²) in [4.78, 5) is 1.38. The summed E-state index contributed by atoms with van der Waals surface area (Å²) in [5.74, 6) is 0. The second-order valence-electron chi connectivity index (χ2n) is 5.17. The normalized spacial score (nSPS) is 10.4. The number of thiophene rings is 1. The molecule has 4 aromatic rings. The summed E-state index contributed by atoms with van der Waals surface area (Å²) in [7, 11) is 0. The van der Waals surface area contributed by atoms with Gasteiger partial charge in [-0.15, -0.1) is 11.3 Å². The number of aryl methyl sites for hydroxylation is 2. The fraction of sp³-hybridized carbons (Fsp3) is 0.100. The molecule has 0 N–H and O–H groups in total. The zero-order valence-corrected chi connectivity index (χ0v) is 13.2. The molecule has 0 spiro atoms. The lowest BCUT2D eigenvalue weighted by Crippen LogP contribution is -1.81. The van der Waals surface area contributed by atoms with Gasteiger partial charge < -0.3 is 0 Å². The van der Waals surface area contributed by atoms with E-state index in [9.17, 15) is 0 Å². The van der Waals surface area contributed by atoms with Crippen LogP contribution in [0.25, 0.3) is 21.5 Å². The minimum Gasteiger partial charge on any atom is -0.149 e. The quantitative estimate of drug-likeness (QED) is 0.331. The Morgan fingerprint density at radius 2 is 1.24 bits per heavy atom. The van der Waals surface area contributed by atoms with Crippen molar-refractivity contribution in [1.82, 2.24) is 0 Å². The van der Waals surface area contributed by atoms with Crippen molar-refractivity contribution in [2.75, 3.05) is 0 Å². The lowest BCUT2D eigenvalue weighted by Gasteiger charge is -2.06. The number of hydrogen-bond donors (Lipinski definition) is 0. The van der Waals surface area contributed by atoms with Gasteiger partial charge in [-0.2, -0.15) is 0 Å². The minimum atomic E-state index is 1.33. The molecule has 3 aromatic carbocycles. The van der Waals surface area contributed by atoms with E-state index in [1.54, 1.807) is 11.3 Å². The van der Waals surface area contributed by atoms with Crippen LogP contribution in [0.15, 0.2) is 72.1 Å². The molecule has 0 amide bonds. The van der Waals surface area contributed by atoms with Crippen LogP contribution in [-0.2, 0) is 0 Å². The molecule has 104 valence electrons. The van der Waals surface area contributed by atoms with Crippen molar-refractivity contribution in [3.8, 4) is 0 Å². The van der Waals surface area contributed by atoms with Crippen LogP contribution < -0.4 is 0 Å². The number of rotatable bonds is 0. The van der Waals surface area contributed by atoms with Crippen molar-refractivity contribution >= 4 is 32.9 Å². The molecule has 0 aliphatic heterocycles. The molecule has 0 saturated heterocycles. The van der Waals surface area contributed by atoms with Crippen LogP contribution in [0.3, 0.4) is 0 Å². The molecular formula is C20H18S. The first-order chi connectivity index (χ1) is 10.3. The molecule has 4 rings (SSSR count). The minimum absolute atomic E-state index is 1.33. The van der Waals surface area contributed by atoms with E-state index in [1.807, 2.05) is 0 Å². The Morgan fingerprint density at radius 3 is 1.67 bits per heavy atom. The Morgan fingerprint density at radius 1 is 0.667 bits per heavy atom. The first-order valence-electron chi connectivity index (χ1n) is 7.13. The predicted octanol–water partition coefficient (Wildman–Crippen LogP) is 6.36. The Balaban J connectivity index is 0.000000186. The summed E-state index contributed by atoms with van der Waals surface area (Å²) < 4.78 is 0. The molecule has 0 bridgehead atoms. The van der Waals surface area contributed by atoms with Gasteiger partial charge >= 0.3 is 0 Å². The SMILES string of the molecule is Cc1c2ccccc2cc2ccccc12.Cc1cccs1. The topological polar surface area (TPSA) is 0 Å². The summed E-state index contributed by atoms with van der Waals surface area (Å²) in [6, 6.07) is 23.5. The van der Waals surface area contributed by atoms with E-state index in [2.05, 4.69) is 86.0 Å². The standard InChI is InChI=1S/C15H12.C5H6S/c1-11-14-8-4-2-6-12(14)10-13-7-3-5-9-15(11)13;1-5-3-2-4-6-5/h2-10H,1H3;2-4H,1H3. The molecule has 1 heteroatoms. The second-order valence-corrected chi connectivity index (χ2v) is 6.32. The van der Waals surface area contributed by atoms with Gasteiger partial charge in [0.05, 0.1) is 0 Å². The first kappa shape index (κ1) is 13.8. The van der Waals surface area contributed by atoms with Crippen LogP contribution in [0.4, 0.5) is 0 Å². The summed E-state index contributed by atoms with van der Waals surface area (Å²) in [6.45, 7) is 4.30. The van der Waals surface area contributed by atoms with E-state index in [0.717, 1.165) is 0 Å². The van der Waals surface area contributed by atoms with Gasteiger partial charge in [0, 0.05) is 4.88 Å². The van der Waals surface area contributed by atoms with Gasteiger partial charge in [-0.25, -0.2) is 0 Å². The third-order valence-electron chi connectivity index (χ3n) is 3.70. The Labute approximate surface area is 129 Å². The highest BCUT2D eigenvalue weighted by molar-refractivity contribution is 7.09. The molecular weight excluding hydrogens is 272 g/mol. The third kappa shape index (κ3) is 2.98. The van der Waals surface area contributed by atoms with Crippen LogP contribution in [0.5, 0.6) is 0 Å². The van der Waals surface area contributed by atoms with Crippen LogP contribution in [0.2, 0.25) is 0 Å². The molecule has 1 heterocycles.